The maximum absolute atomic E-state index is 12.3. The van der Waals surface area contributed by atoms with Crippen molar-refractivity contribution in [1.29, 1.82) is 5.26 Å². The zero-order chi connectivity index (χ0) is 15.9. The summed E-state index contributed by atoms with van der Waals surface area (Å²) in [5.41, 5.74) is 4.28. The van der Waals surface area contributed by atoms with E-state index in [1.807, 2.05) is 12.1 Å². The molecule has 1 atom stereocenters. The van der Waals surface area contributed by atoms with Crippen molar-refractivity contribution in [3.63, 3.8) is 0 Å². The number of nitriles is 1. The van der Waals surface area contributed by atoms with Crippen LogP contribution >= 0.6 is 0 Å². The van der Waals surface area contributed by atoms with Gasteiger partial charge < -0.3 is 20.8 Å². The van der Waals surface area contributed by atoms with Crippen LogP contribution < -0.4 is 16.6 Å². The van der Waals surface area contributed by atoms with E-state index in [0.29, 0.717) is 5.56 Å². The van der Waals surface area contributed by atoms with Crippen LogP contribution in [0.25, 0.3) is 0 Å². The third kappa shape index (κ3) is 1.65. The van der Waals surface area contributed by atoms with E-state index in [1.165, 1.54) is 7.11 Å². The largest absolute Gasteiger partial charge is 0.385 e. The fraction of sp³-hybridized carbons (Fsp3) is 0.133. The molecule has 1 aliphatic heterocycles. The lowest BCUT2D eigenvalue weighted by Gasteiger charge is -2.29. The number of nitrogens with zero attached hydrogens (tertiary/aromatic N) is 1. The van der Waals surface area contributed by atoms with E-state index in [1.54, 1.807) is 24.3 Å². The first-order chi connectivity index (χ1) is 10.5. The van der Waals surface area contributed by atoms with E-state index in [9.17, 15) is 14.9 Å². The number of nitrogens with one attached hydrogen (secondary N) is 2. The Kier molecular flexibility index (Phi) is 2.97. The molecule has 2 aromatic rings. The maximum Gasteiger partial charge on any atom is 0.267 e. The minimum absolute atomic E-state index is 0.0573. The molecule has 3 rings (SSSR count). The molecule has 0 saturated heterocycles. The molecule has 0 fully saturated rings. The topological polar surface area (TPSA) is 121 Å². The Labute approximate surface area is 125 Å². The predicted octanol–water partition coefficient (Wildman–Crippen LogP) is 0.420. The summed E-state index contributed by atoms with van der Waals surface area (Å²) < 4.78 is 5.54. The Morgan fingerprint density at radius 3 is 2.55 bits per heavy atom. The van der Waals surface area contributed by atoms with E-state index in [2.05, 4.69) is 10.3 Å². The van der Waals surface area contributed by atoms with Gasteiger partial charge in [-0.3, -0.25) is 9.59 Å². The number of hydrogen-bond acceptors (Lipinski definition) is 5. The molecule has 0 spiro atoms. The molecule has 22 heavy (non-hydrogen) atoms. The van der Waals surface area contributed by atoms with Gasteiger partial charge in [0.05, 0.1) is 5.56 Å². The number of amides is 1. The van der Waals surface area contributed by atoms with E-state index < -0.39 is 17.2 Å². The number of nitrogens with two attached hydrogens (primary N) is 1. The van der Waals surface area contributed by atoms with Crippen molar-refractivity contribution in [3.8, 4) is 6.07 Å². The van der Waals surface area contributed by atoms with E-state index in [-0.39, 0.29) is 22.5 Å². The molecule has 2 heterocycles. The number of benzene rings is 1. The van der Waals surface area contributed by atoms with Crippen LogP contribution in [0.3, 0.4) is 0 Å². The van der Waals surface area contributed by atoms with Crippen LogP contribution in [-0.2, 0) is 10.5 Å². The third-order valence-electron chi connectivity index (χ3n) is 3.71. The summed E-state index contributed by atoms with van der Waals surface area (Å²) >= 11 is 0. The minimum Gasteiger partial charge on any atom is -0.385 e. The smallest absolute Gasteiger partial charge is 0.267 e. The summed E-state index contributed by atoms with van der Waals surface area (Å²) in [6, 6.07) is 10.6. The van der Waals surface area contributed by atoms with Crippen molar-refractivity contribution >= 4 is 11.7 Å². The molecule has 0 radical (unpaired) electrons. The second-order valence-corrected chi connectivity index (χ2v) is 4.81. The summed E-state index contributed by atoms with van der Waals surface area (Å²) in [6.45, 7) is 0. The number of carbonyl (C=O) groups is 1. The molecule has 110 valence electrons. The van der Waals surface area contributed by atoms with Gasteiger partial charge in [-0.25, -0.2) is 0 Å². The molecule has 0 bridgehead atoms. The fourth-order valence-corrected chi connectivity index (χ4v) is 2.76. The SMILES string of the molecule is COC1(c2ccccc2)NC(=O)c2c(N)[nH]c(=O)c(C#N)c21. The number of fused-ring (bicyclic) bond motifs is 1. The third-order valence-corrected chi connectivity index (χ3v) is 3.71. The molecule has 1 aromatic heterocycles. The number of ether oxygens (including phenoxy) is 1. The van der Waals surface area contributed by atoms with Gasteiger partial charge in [0.25, 0.3) is 11.5 Å². The summed E-state index contributed by atoms with van der Waals surface area (Å²) in [5, 5.41) is 12.0. The minimum atomic E-state index is -1.42. The van der Waals surface area contributed by atoms with Gasteiger partial charge in [-0.15, -0.1) is 0 Å². The lowest BCUT2D eigenvalue weighted by molar-refractivity contribution is 0.00310. The summed E-state index contributed by atoms with van der Waals surface area (Å²) in [6.07, 6.45) is 0. The number of nitrogen functional groups attached to an aromatic ring is 1. The molecule has 1 aliphatic rings. The summed E-state index contributed by atoms with van der Waals surface area (Å²) in [4.78, 5) is 26.6. The van der Waals surface area contributed by atoms with Crippen molar-refractivity contribution in [2.75, 3.05) is 12.8 Å². The van der Waals surface area contributed by atoms with Gasteiger partial charge in [0.2, 0.25) is 0 Å². The Morgan fingerprint density at radius 1 is 1.27 bits per heavy atom. The van der Waals surface area contributed by atoms with Gasteiger partial charge >= 0.3 is 0 Å². The molecule has 4 N–H and O–H groups in total. The fourth-order valence-electron chi connectivity index (χ4n) is 2.76. The van der Waals surface area contributed by atoms with E-state index in [4.69, 9.17) is 10.5 Å². The first-order valence-electron chi connectivity index (χ1n) is 6.44. The van der Waals surface area contributed by atoms with Crippen LogP contribution in [0.4, 0.5) is 5.82 Å². The first kappa shape index (κ1) is 13.9. The van der Waals surface area contributed by atoms with Gasteiger partial charge in [0, 0.05) is 18.2 Å². The van der Waals surface area contributed by atoms with Crippen LogP contribution in [0.1, 0.15) is 27.0 Å². The molecule has 1 amide bonds. The average molecular weight is 296 g/mol. The number of carbonyl (C=O) groups excluding carboxylic acids is 1. The van der Waals surface area contributed by atoms with Crippen LogP contribution in [0.15, 0.2) is 35.1 Å². The van der Waals surface area contributed by atoms with Crippen molar-refractivity contribution in [1.82, 2.24) is 10.3 Å². The number of anilines is 1. The number of aromatic nitrogens is 1. The Hall–Kier alpha value is -3.11. The first-order valence-corrected chi connectivity index (χ1v) is 6.44. The van der Waals surface area contributed by atoms with Crippen molar-refractivity contribution in [3.05, 3.63) is 62.9 Å². The highest BCUT2D eigenvalue weighted by atomic mass is 16.5. The molecule has 1 unspecified atom stereocenters. The van der Waals surface area contributed by atoms with Crippen LogP contribution in [0.5, 0.6) is 0 Å². The highest BCUT2D eigenvalue weighted by Crippen LogP contribution is 2.40. The standard InChI is InChI=1S/C15H12N4O3/c1-22-15(8-5-3-2-4-6-8)11-9(7-16)13(20)18-12(17)10(11)14(21)19-15/h2-6H,1H3,(H,19,21)(H3,17,18,20). The lowest BCUT2D eigenvalue weighted by atomic mass is 9.91. The zero-order valence-corrected chi connectivity index (χ0v) is 11.6. The normalized spacial score (nSPS) is 19.4. The number of hydrogen-bond donors (Lipinski definition) is 3. The highest BCUT2D eigenvalue weighted by molar-refractivity contribution is 6.04. The van der Waals surface area contributed by atoms with Crippen LogP contribution in [0.2, 0.25) is 0 Å². The van der Waals surface area contributed by atoms with Crippen molar-refractivity contribution in [2.24, 2.45) is 0 Å². The van der Waals surface area contributed by atoms with Gasteiger partial charge in [0.1, 0.15) is 17.5 Å². The summed E-state index contributed by atoms with van der Waals surface area (Å²) in [7, 11) is 1.39. The number of methoxy groups -OCH3 is 1. The number of rotatable bonds is 2. The van der Waals surface area contributed by atoms with Crippen molar-refractivity contribution in [2.45, 2.75) is 5.72 Å². The van der Waals surface area contributed by atoms with Crippen LogP contribution in [-0.4, -0.2) is 18.0 Å². The van der Waals surface area contributed by atoms with Crippen LogP contribution in [0, 0.1) is 11.3 Å². The molecule has 0 saturated carbocycles. The zero-order valence-electron chi connectivity index (χ0n) is 11.6. The lowest BCUT2D eigenvalue weighted by Crippen LogP contribution is -2.43. The number of pyridine rings is 1. The Morgan fingerprint density at radius 2 is 1.95 bits per heavy atom. The molecular weight excluding hydrogens is 284 g/mol. The second-order valence-electron chi connectivity index (χ2n) is 4.81. The monoisotopic (exact) mass is 296 g/mol. The molecule has 7 nitrogen and oxygen atoms in total. The molecule has 1 aromatic carbocycles. The number of H-pyrrole nitrogens is 1. The number of aromatic amines is 1. The van der Waals surface area contributed by atoms with Gasteiger partial charge in [-0.05, 0) is 0 Å². The van der Waals surface area contributed by atoms with E-state index in [0.717, 1.165) is 0 Å². The molecule has 7 heteroatoms. The Bertz CT molecular complexity index is 867. The van der Waals surface area contributed by atoms with E-state index >= 15 is 0 Å². The Balaban J connectivity index is 2.45. The quantitative estimate of drug-likeness (QED) is 0.741. The highest BCUT2D eigenvalue weighted by Gasteiger charge is 2.48. The second kappa shape index (κ2) is 4.72. The maximum atomic E-state index is 12.3. The molecule has 0 aliphatic carbocycles. The van der Waals surface area contributed by atoms with Crippen molar-refractivity contribution < 1.29 is 9.53 Å². The van der Waals surface area contributed by atoms with Gasteiger partial charge in [-0.1, -0.05) is 30.3 Å². The average Bonchev–Trinajstić information content (AvgIpc) is 2.83. The summed E-state index contributed by atoms with van der Waals surface area (Å²) in [5.74, 6) is -0.600. The molecular formula is C15H12N4O3. The van der Waals surface area contributed by atoms with Gasteiger partial charge in [-0.2, -0.15) is 5.26 Å². The van der Waals surface area contributed by atoms with Gasteiger partial charge in [0.15, 0.2) is 5.72 Å². The predicted molar refractivity (Wildman–Crippen MR) is 77.9 cm³/mol.